The fourth-order valence-corrected chi connectivity index (χ4v) is 3.96. The van der Waals surface area contributed by atoms with Gasteiger partial charge in [-0.2, -0.15) is 11.8 Å². The van der Waals surface area contributed by atoms with E-state index >= 15 is 0 Å². The molecule has 1 heterocycles. The van der Waals surface area contributed by atoms with Gasteiger partial charge in [-0.1, -0.05) is 26.0 Å². The van der Waals surface area contributed by atoms with E-state index < -0.39 is 0 Å². The van der Waals surface area contributed by atoms with Crippen LogP contribution in [-0.2, 0) is 6.54 Å². The number of hydrogen-bond donors (Lipinski definition) is 1. The summed E-state index contributed by atoms with van der Waals surface area (Å²) in [5.41, 5.74) is 2.00. The molecule has 1 fully saturated rings. The lowest BCUT2D eigenvalue weighted by atomic mass is 10.1. The average molecular weight is 278 g/mol. The Kier molecular flexibility index (Phi) is 4.88. The molecule has 1 amide bonds. The van der Waals surface area contributed by atoms with Crippen LogP contribution >= 0.6 is 11.8 Å². The maximum atomic E-state index is 11.5. The molecule has 0 bridgehead atoms. The summed E-state index contributed by atoms with van der Waals surface area (Å²) in [6.07, 6.45) is 0. The first-order chi connectivity index (χ1) is 9.08. The average Bonchev–Trinajstić information content (AvgIpc) is 2.37. The lowest BCUT2D eigenvalue weighted by Gasteiger charge is -2.34. The summed E-state index contributed by atoms with van der Waals surface area (Å²) in [6.45, 7) is 7.85. The van der Waals surface area contributed by atoms with Gasteiger partial charge in [0, 0.05) is 42.7 Å². The van der Waals surface area contributed by atoms with Gasteiger partial charge in [0.05, 0.1) is 0 Å². The normalized spacial score (nSPS) is 24.2. The lowest BCUT2D eigenvalue weighted by Crippen LogP contribution is -2.39. The zero-order chi connectivity index (χ0) is 13.8. The minimum Gasteiger partial charge on any atom is -0.355 e. The first-order valence-electron chi connectivity index (χ1n) is 6.77. The van der Waals surface area contributed by atoms with Gasteiger partial charge in [-0.25, -0.2) is 0 Å². The number of nitrogens with one attached hydrogen (secondary N) is 1. The number of carbonyl (C=O) groups is 1. The Morgan fingerprint density at radius 1 is 1.26 bits per heavy atom. The predicted molar refractivity (Wildman–Crippen MR) is 81.6 cm³/mol. The molecule has 1 aliphatic heterocycles. The van der Waals surface area contributed by atoms with E-state index in [1.54, 1.807) is 7.05 Å². The van der Waals surface area contributed by atoms with Crippen molar-refractivity contribution in [1.29, 1.82) is 0 Å². The summed E-state index contributed by atoms with van der Waals surface area (Å²) in [7, 11) is 1.66. The third kappa shape index (κ3) is 3.98. The predicted octanol–water partition coefficient (Wildman–Crippen LogP) is 2.37. The van der Waals surface area contributed by atoms with Crippen molar-refractivity contribution in [1.82, 2.24) is 10.2 Å². The maximum Gasteiger partial charge on any atom is 0.251 e. The van der Waals surface area contributed by atoms with Crippen LogP contribution in [0, 0.1) is 0 Å². The van der Waals surface area contributed by atoms with Crippen molar-refractivity contribution in [2.45, 2.75) is 30.9 Å². The number of rotatable bonds is 3. The summed E-state index contributed by atoms with van der Waals surface area (Å²) in [6, 6.07) is 7.92. The molecule has 1 N–H and O–H groups in total. The molecule has 1 saturated heterocycles. The van der Waals surface area contributed by atoms with Crippen LogP contribution in [0.1, 0.15) is 29.8 Å². The molecule has 0 saturated carbocycles. The van der Waals surface area contributed by atoms with E-state index in [1.807, 2.05) is 12.1 Å². The molecule has 0 aromatic heterocycles. The quantitative estimate of drug-likeness (QED) is 0.921. The summed E-state index contributed by atoms with van der Waals surface area (Å²) >= 11 is 2.07. The van der Waals surface area contributed by atoms with Crippen molar-refractivity contribution in [3.8, 4) is 0 Å². The molecule has 3 nitrogen and oxygen atoms in total. The second kappa shape index (κ2) is 6.44. The van der Waals surface area contributed by atoms with Crippen LogP contribution in [0.2, 0.25) is 0 Å². The van der Waals surface area contributed by atoms with Gasteiger partial charge in [-0.3, -0.25) is 9.69 Å². The van der Waals surface area contributed by atoms with Gasteiger partial charge in [-0.05, 0) is 17.7 Å². The first-order valence-corrected chi connectivity index (χ1v) is 7.71. The van der Waals surface area contributed by atoms with Crippen LogP contribution in [0.3, 0.4) is 0 Å². The molecular weight excluding hydrogens is 256 g/mol. The summed E-state index contributed by atoms with van der Waals surface area (Å²) in [5.74, 6) is -0.0248. The summed E-state index contributed by atoms with van der Waals surface area (Å²) in [5, 5.41) is 4.05. The third-order valence-electron chi connectivity index (χ3n) is 3.34. The van der Waals surface area contributed by atoms with E-state index in [2.05, 4.69) is 48.0 Å². The molecule has 104 valence electrons. The zero-order valence-corrected chi connectivity index (χ0v) is 12.7. The topological polar surface area (TPSA) is 32.3 Å². The largest absolute Gasteiger partial charge is 0.355 e. The van der Waals surface area contributed by atoms with Crippen LogP contribution < -0.4 is 5.32 Å². The van der Waals surface area contributed by atoms with Gasteiger partial charge in [0.15, 0.2) is 0 Å². The van der Waals surface area contributed by atoms with Crippen molar-refractivity contribution >= 4 is 17.7 Å². The summed E-state index contributed by atoms with van der Waals surface area (Å²) in [4.78, 5) is 14.0. The van der Waals surface area contributed by atoms with Crippen LogP contribution in [-0.4, -0.2) is 41.4 Å². The Balaban J connectivity index is 1.97. The molecule has 1 aromatic rings. The van der Waals surface area contributed by atoms with Crippen molar-refractivity contribution in [3.05, 3.63) is 35.4 Å². The standard InChI is InChI=1S/C15H22N2OS/c1-11-8-17(9-12(2)19-11)10-13-4-6-14(7-5-13)15(18)16-3/h4-7,11-12H,8-10H2,1-3H3,(H,16,18). The number of thioether (sulfide) groups is 1. The van der Waals surface area contributed by atoms with Crippen LogP contribution in [0.5, 0.6) is 0 Å². The fourth-order valence-electron chi connectivity index (χ4n) is 2.58. The molecule has 0 spiro atoms. The second-order valence-electron chi connectivity index (χ2n) is 5.23. The van der Waals surface area contributed by atoms with E-state index in [1.165, 1.54) is 5.56 Å². The van der Waals surface area contributed by atoms with E-state index in [4.69, 9.17) is 0 Å². The number of hydrogen-bond acceptors (Lipinski definition) is 3. The highest BCUT2D eigenvalue weighted by molar-refractivity contribution is 8.00. The highest BCUT2D eigenvalue weighted by Gasteiger charge is 2.22. The van der Waals surface area contributed by atoms with Gasteiger partial charge in [-0.15, -0.1) is 0 Å². The molecule has 1 aliphatic rings. The van der Waals surface area contributed by atoms with Gasteiger partial charge in [0.2, 0.25) is 0 Å². The number of amides is 1. The van der Waals surface area contributed by atoms with Crippen LogP contribution in [0.4, 0.5) is 0 Å². The molecule has 2 atom stereocenters. The molecule has 0 aliphatic carbocycles. The Morgan fingerprint density at radius 3 is 2.37 bits per heavy atom. The van der Waals surface area contributed by atoms with Crippen molar-refractivity contribution in [2.75, 3.05) is 20.1 Å². The van der Waals surface area contributed by atoms with Crippen LogP contribution in [0.15, 0.2) is 24.3 Å². The third-order valence-corrected chi connectivity index (χ3v) is 4.57. The van der Waals surface area contributed by atoms with Gasteiger partial charge in [0.1, 0.15) is 0 Å². The van der Waals surface area contributed by atoms with E-state index in [-0.39, 0.29) is 5.91 Å². The minimum atomic E-state index is -0.0248. The van der Waals surface area contributed by atoms with E-state index in [0.29, 0.717) is 10.5 Å². The molecular formula is C15H22N2OS. The molecule has 4 heteroatoms. The molecule has 0 radical (unpaired) electrons. The zero-order valence-electron chi connectivity index (χ0n) is 11.8. The Hall–Kier alpha value is -1.00. The second-order valence-corrected chi connectivity index (χ2v) is 7.11. The van der Waals surface area contributed by atoms with Gasteiger partial charge in [0.25, 0.3) is 5.91 Å². The fraction of sp³-hybridized carbons (Fsp3) is 0.533. The highest BCUT2D eigenvalue weighted by atomic mass is 32.2. The SMILES string of the molecule is CNC(=O)c1ccc(CN2CC(C)SC(C)C2)cc1. The number of nitrogens with zero attached hydrogens (tertiary/aromatic N) is 1. The number of benzene rings is 1. The Morgan fingerprint density at radius 2 is 1.84 bits per heavy atom. The van der Waals surface area contributed by atoms with Crippen molar-refractivity contribution < 1.29 is 4.79 Å². The molecule has 2 rings (SSSR count). The Bertz CT molecular complexity index is 422. The number of carbonyl (C=O) groups excluding carboxylic acids is 1. The van der Waals surface area contributed by atoms with Gasteiger partial charge < -0.3 is 5.32 Å². The maximum absolute atomic E-state index is 11.5. The monoisotopic (exact) mass is 278 g/mol. The lowest BCUT2D eigenvalue weighted by molar-refractivity contribution is 0.0963. The van der Waals surface area contributed by atoms with Crippen LogP contribution in [0.25, 0.3) is 0 Å². The molecule has 19 heavy (non-hydrogen) atoms. The van der Waals surface area contributed by atoms with E-state index in [9.17, 15) is 4.79 Å². The van der Waals surface area contributed by atoms with Gasteiger partial charge >= 0.3 is 0 Å². The molecule has 2 unspecified atom stereocenters. The van der Waals surface area contributed by atoms with Crippen molar-refractivity contribution in [2.24, 2.45) is 0 Å². The minimum absolute atomic E-state index is 0.0248. The summed E-state index contributed by atoms with van der Waals surface area (Å²) < 4.78 is 0. The Labute approximate surface area is 119 Å². The van der Waals surface area contributed by atoms with E-state index in [0.717, 1.165) is 25.2 Å². The first kappa shape index (κ1) is 14.4. The highest BCUT2D eigenvalue weighted by Crippen LogP contribution is 2.25. The smallest absolute Gasteiger partial charge is 0.251 e. The molecule has 1 aromatic carbocycles. The van der Waals surface area contributed by atoms with Crippen molar-refractivity contribution in [3.63, 3.8) is 0 Å².